The molecule has 5 heteroatoms. The maximum atomic E-state index is 11.5. The number of aromatic carboxylic acids is 1. The van der Waals surface area contributed by atoms with E-state index in [1.165, 1.54) is 0 Å². The number of rotatable bonds is 10. The van der Waals surface area contributed by atoms with Gasteiger partial charge in [-0.05, 0) is 48.2 Å². The number of aliphatic carboxylic acids is 1. The summed E-state index contributed by atoms with van der Waals surface area (Å²) in [6.45, 7) is 0.924. The van der Waals surface area contributed by atoms with E-state index in [9.17, 15) is 14.7 Å². The number of carbonyl (C=O) groups is 2. The lowest BCUT2D eigenvalue weighted by Crippen LogP contribution is -1.99. The third kappa shape index (κ3) is 4.80. The second kappa shape index (κ2) is 9.22. The number of hydrogen-bond donors (Lipinski definition) is 2. The minimum Gasteiger partial charge on any atom is -0.481 e. The standard InChI is InChI=1S/C23H25NO4/c25-22(26)10-4-2-1-3-7-14-24-15-13-18-16-17(11-12-21(18)24)19-8-5-6-9-20(19)23(27)28/h5-6,8-9,11-13,15-16H,1-4,7,10,14H2,(H,25,26)(H,27,28). The number of unbranched alkanes of at least 4 members (excludes halogenated alkanes) is 4. The van der Waals surface area contributed by atoms with Gasteiger partial charge in [0.2, 0.25) is 0 Å². The van der Waals surface area contributed by atoms with Crippen molar-refractivity contribution in [1.29, 1.82) is 0 Å². The number of nitrogens with zero attached hydrogens (tertiary/aromatic N) is 1. The molecule has 5 nitrogen and oxygen atoms in total. The van der Waals surface area contributed by atoms with Crippen LogP contribution in [0.4, 0.5) is 0 Å². The molecular formula is C23H25NO4. The second-order valence-corrected chi connectivity index (χ2v) is 7.04. The minimum absolute atomic E-state index is 0.260. The average Bonchev–Trinajstić information content (AvgIpc) is 3.09. The predicted octanol–water partition coefficient (Wildman–Crippen LogP) is 5.43. The van der Waals surface area contributed by atoms with Crippen LogP contribution in [-0.2, 0) is 11.3 Å². The van der Waals surface area contributed by atoms with Gasteiger partial charge < -0.3 is 14.8 Å². The third-order valence-electron chi connectivity index (χ3n) is 5.03. The number of hydrogen-bond acceptors (Lipinski definition) is 2. The van der Waals surface area contributed by atoms with Gasteiger partial charge in [0.15, 0.2) is 0 Å². The maximum Gasteiger partial charge on any atom is 0.336 e. The lowest BCUT2D eigenvalue weighted by atomic mass is 9.99. The van der Waals surface area contributed by atoms with Crippen molar-refractivity contribution < 1.29 is 19.8 Å². The summed E-state index contributed by atoms with van der Waals surface area (Å²) in [4.78, 5) is 22.0. The molecule has 2 aromatic carbocycles. The molecule has 1 heterocycles. The number of aromatic nitrogens is 1. The molecule has 0 fully saturated rings. The molecule has 3 aromatic rings. The summed E-state index contributed by atoms with van der Waals surface area (Å²) in [5.74, 6) is -1.64. The highest BCUT2D eigenvalue weighted by Gasteiger charge is 2.12. The summed E-state index contributed by atoms with van der Waals surface area (Å²) in [6, 6.07) is 15.2. The van der Waals surface area contributed by atoms with E-state index in [4.69, 9.17) is 5.11 Å². The molecule has 0 radical (unpaired) electrons. The molecule has 146 valence electrons. The van der Waals surface area contributed by atoms with Crippen molar-refractivity contribution in [3.05, 3.63) is 60.3 Å². The summed E-state index contributed by atoms with van der Waals surface area (Å²) in [7, 11) is 0. The van der Waals surface area contributed by atoms with Gasteiger partial charge in [0, 0.05) is 30.1 Å². The molecule has 28 heavy (non-hydrogen) atoms. The molecule has 0 unspecified atom stereocenters. The highest BCUT2D eigenvalue weighted by molar-refractivity contribution is 5.97. The van der Waals surface area contributed by atoms with E-state index in [2.05, 4.69) is 22.9 Å². The fraction of sp³-hybridized carbons (Fsp3) is 0.304. The van der Waals surface area contributed by atoms with E-state index in [0.717, 1.165) is 60.7 Å². The van der Waals surface area contributed by atoms with Gasteiger partial charge in [-0.1, -0.05) is 43.5 Å². The minimum atomic E-state index is -0.920. The zero-order valence-electron chi connectivity index (χ0n) is 15.8. The molecule has 0 bridgehead atoms. The van der Waals surface area contributed by atoms with Crippen LogP contribution in [0.1, 0.15) is 48.9 Å². The largest absolute Gasteiger partial charge is 0.481 e. The molecule has 0 aliphatic heterocycles. The summed E-state index contributed by atoms with van der Waals surface area (Å²) in [5, 5.41) is 19.2. The Labute approximate surface area is 164 Å². The zero-order chi connectivity index (χ0) is 19.9. The predicted molar refractivity (Wildman–Crippen MR) is 110 cm³/mol. The van der Waals surface area contributed by atoms with Gasteiger partial charge in [-0.2, -0.15) is 0 Å². The molecule has 0 saturated carbocycles. The molecule has 1 aromatic heterocycles. The quantitative estimate of drug-likeness (QED) is 0.460. The van der Waals surface area contributed by atoms with Gasteiger partial charge in [-0.3, -0.25) is 4.79 Å². The normalized spacial score (nSPS) is 11.0. The van der Waals surface area contributed by atoms with Crippen LogP contribution >= 0.6 is 0 Å². The summed E-state index contributed by atoms with van der Waals surface area (Å²) in [5.41, 5.74) is 3.08. The van der Waals surface area contributed by atoms with E-state index in [1.54, 1.807) is 12.1 Å². The Morgan fingerprint density at radius 3 is 2.39 bits per heavy atom. The van der Waals surface area contributed by atoms with E-state index in [0.29, 0.717) is 5.56 Å². The van der Waals surface area contributed by atoms with Gasteiger partial charge >= 0.3 is 11.9 Å². The highest BCUT2D eigenvalue weighted by atomic mass is 16.4. The Kier molecular flexibility index (Phi) is 6.48. The topological polar surface area (TPSA) is 79.5 Å². The lowest BCUT2D eigenvalue weighted by Gasteiger charge is -2.08. The van der Waals surface area contributed by atoms with Crippen LogP contribution in [0.3, 0.4) is 0 Å². The Morgan fingerprint density at radius 2 is 1.61 bits per heavy atom. The van der Waals surface area contributed by atoms with Crippen LogP contribution in [0.15, 0.2) is 54.7 Å². The SMILES string of the molecule is O=C(O)CCCCCCCn1ccc2cc(-c3ccccc3C(=O)O)ccc21. The first-order valence-electron chi connectivity index (χ1n) is 9.69. The smallest absolute Gasteiger partial charge is 0.336 e. The molecule has 2 N–H and O–H groups in total. The molecule has 0 aliphatic carbocycles. The zero-order valence-corrected chi connectivity index (χ0v) is 15.8. The Hall–Kier alpha value is -3.08. The van der Waals surface area contributed by atoms with Gasteiger partial charge in [0.05, 0.1) is 5.56 Å². The van der Waals surface area contributed by atoms with Gasteiger partial charge in [0.25, 0.3) is 0 Å². The van der Waals surface area contributed by atoms with E-state index < -0.39 is 11.9 Å². The van der Waals surface area contributed by atoms with Crippen molar-refractivity contribution in [2.45, 2.75) is 45.1 Å². The first-order valence-corrected chi connectivity index (χ1v) is 9.69. The maximum absolute atomic E-state index is 11.5. The number of fused-ring (bicyclic) bond motifs is 1. The fourth-order valence-corrected chi connectivity index (χ4v) is 3.57. The summed E-state index contributed by atoms with van der Waals surface area (Å²) in [6.07, 6.45) is 7.25. The van der Waals surface area contributed by atoms with Crippen LogP contribution in [0, 0.1) is 0 Å². The van der Waals surface area contributed by atoms with Crippen LogP contribution in [0.5, 0.6) is 0 Å². The fourth-order valence-electron chi connectivity index (χ4n) is 3.57. The molecule has 3 rings (SSSR count). The molecular weight excluding hydrogens is 354 g/mol. The van der Waals surface area contributed by atoms with Gasteiger partial charge in [-0.25, -0.2) is 4.79 Å². The molecule has 0 atom stereocenters. The van der Waals surface area contributed by atoms with E-state index in [1.807, 2.05) is 24.3 Å². The first kappa shape index (κ1) is 19.7. The molecule has 0 aliphatic rings. The van der Waals surface area contributed by atoms with Gasteiger partial charge in [-0.15, -0.1) is 0 Å². The Morgan fingerprint density at radius 1 is 0.857 bits per heavy atom. The summed E-state index contributed by atoms with van der Waals surface area (Å²) >= 11 is 0. The Bertz CT molecular complexity index is 974. The van der Waals surface area contributed by atoms with E-state index in [-0.39, 0.29) is 6.42 Å². The number of aryl methyl sites for hydroxylation is 1. The number of benzene rings is 2. The molecule has 0 spiro atoms. The van der Waals surface area contributed by atoms with Crippen molar-refractivity contribution in [2.75, 3.05) is 0 Å². The van der Waals surface area contributed by atoms with Crippen molar-refractivity contribution in [3.63, 3.8) is 0 Å². The monoisotopic (exact) mass is 379 g/mol. The summed E-state index contributed by atoms with van der Waals surface area (Å²) < 4.78 is 2.22. The first-order chi connectivity index (χ1) is 13.6. The lowest BCUT2D eigenvalue weighted by molar-refractivity contribution is -0.137. The highest BCUT2D eigenvalue weighted by Crippen LogP contribution is 2.28. The third-order valence-corrected chi connectivity index (χ3v) is 5.03. The van der Waals surface area contributed by atoms with E-state index >= 15 is 0 Å². The molecule has 0 amide bonds. The molecule has 0 saturated heterocycles. The average molecular weight is 379 g/mol. The second-order valence-electron chi connectivity index (χ2n) is 7.04. The van der Waals surface area contributed by atoms with Crippen molar-refractivity contribution in [3.8, 4) is 11.1 Å². The van der Waals surface area contributed by atoms with Gasteiger partial charge in [0.1, 0.15) is 0 Å². The van der Waals surface area contributed by atoms with Crippen molar-refractivity contribution >= 4 is 22.8 Å². The van der Waals surface area contributed by atoms with Crippen LogP contribution in [0.2, 0.25) is 0 Å². The van der Waals surface area contributed by atoms with Crippen LogP contribution in [-0.4, -0.2) is 26.7 Å². The van der Waals surface area contributed by atoms with Crippen LogP contribution < -0.4 is 0 Å². The number of carboxylic acids is 2. The van der Waals surface area contributed by atoms with Crippen molar-refractivity contribution in [2.24, 2.45) is 0 Å². The number of carboxylic acid groups (broad SMARTS) is 2. The van der Waals surface area contributed by atoms with Crippen LogP contribution in [0.25, 0.3) is 22.0 Å². The Balaban J connectivity index is 1.63. The van der Waals surface area contributed by atoms with Crippen molar-refractivity contribution in [1.82, 2.24) is 4.57 Å².